The topological polar surface area (TPSA) is 84.1 Å². The fraction of sp³-hybridized carbons (Fsp3) is 0.312. The zero-order valence-electron chi connectivity index (χ0n) is 12.8. The van der Waals surface area contributed by atoms with Gasteiger partial charge in [-0.15, -0.1) is 0 Å². The Morgan fingerprint density at radius 2 is 2.14 bits per heavy atom. The van der Waals surface area contributed by atoms with Gasteiger partial charge in [0.15, 0.2) is 17.7 Å². The van der Waals surface area contributed by atoms with E-state index in [0.717, 1.165) is 12.1 Å². The second-order valence-corrected chi connectivity index (χ2v) is 4.97. The number of anilines is 1. The van der Waals surface area contributed by atoms with Gasteiger partial charge in [-0.1, -0.05) is 19.1 Å². The summed E-state index contributed by atoms with van der Waals surface area (Å²) in [6.45, 7) is 5.12. The average molecular weight is 301 g/mol. The van der Waals surface area contributed by atoms with E-state index in [9.17, 15) is 9.59 Å². The Morgan fingerprint density at radius 1 is 1.36 bits per heavy atom. The molecule has 1 aromatic heterocycles. The van der Waals surface area contributed by atoms with Gasteiger partial charge in [-0.2, -0.15) is 5.10 Å². The number of ketones is 1. The number of Topliss-reactive ketones (excluding diaryl/α,β-unsaturated/α-hetero) is 1. The Kier molecular flexibility index (Phi) is 4.93. The molecule has 116 valence electrons. The van der Waals surface area contributed by atoms with Crippen LogP contribution >= 0.6 is 0 Å². The molecule has 6 heteroatoms. The van der Waals surface area contributed by atoms with Crippen molar-refractivity contribution in [3.05, 3.63) is 41.6 Å². The van der Waals surface area contributed by atoms with Gasteiger partial charge < -0.3 is 10.1 Å². The molecule has 2 N–H and O–H groups in total. The molecule has 2 rings (SSSR count). The van der Waals surface area contributed by atoms with Gasteiger partial charge in [0, 0.05) is 17.3 Å². The molecule has 1 atom stereocenters. The maximum Gasteiger partial charge on any atom is 0.266 e. The zero-order valence-corrected chi connectivity index (χ0v) is 12.8. The number of carbonyl (C=O) groups is 2. The normalized spacial score (nSPS) is 11.8. The van der Waals surface area contributed by atoms with E-state index in [1.807, 2.05) is 6.92 Å². The van der Waals surface area contributed by atoms with Crippen LogP contribution in [-0.4, -0.2) is 28.0 Å². The summed E-state index contributed by atoms with van der Waals surface area (Å²) in [4.78, 5) is 23.4. The number of nitrogens with zero attached hydrogens (tertiary/aromatic N) is 1. The summed E-state index contributed by atoms with van der Waals surface area (Å²) in [6.07, 6.45) is 0.108. The van der Waals surface area contributed by atoms with Gasteiger partial charge in [0.2, 0.25) is 0 Å². The minimum atomic E-state index is -0.705. The predicted octanol–water partition coefficient (Wildman–Crippen LogP) is 2.58. The van der Waals surface area contributed by atoms with Gasteiger partial charge in [0.05, 0.1) is 0 Å². The highest BCUT2D eigenvalue weighted by molar-refractivity contribution is 5.95. The van der Waals surface area contributed by atoms with Crippen molar-refractivity contribution in [3.63, 3.8) is 0 Å². The molecular formula is C16H19N3O3. The van der Waals surface area contributed by atoms with Crippen LogP contribution < -0.4 is 10.1 Å². The third-order valence-electron chi connectivity index (χ3n) is 3.19. The first kappa shape index (κ1) is 15.8. The lowest BCUT2D eigenvalue weighted by atomic mass is 10.1. The highest BCUT2D eigenvalue weighted by Crippen LogP contribution is 2.16. The van der Waals surface area contributed by atoms with E-state index >= 15 is 0 Å². The number of ether oxygens (including phenoxy) is 1. The fourth-order valence-electron chi connectivity index (χ4n) is 1.88. The van der Waals surface area contributed by atoms with Gasteiger partial charge in [-0.3, -0.25) is 14.7 Å². The predicted molar refractivity (Wildman–Crippen MR) is 83.1 cm³/mol. The molecule has 0 unspecified atom stereocenters. The number of rotatable bonds is 6. The van der Waals surface area contributed by atoms with Gasteiger partial charge in [0.25, 0.3) is 5.91 Å². The number of aromatic amines is 1. The molecule has 2 aromatic rings. The van der Waals surface area contributed by atoms with Gasteiger partial charge in [0.1, 0.15) is 5.75 Å². The van der Waals surface area contributed by atoms with E-state index in [0.29, 0.717) is 17.1 Å². The number of aromatic nitrogens is 2. The summed E-state index contributed by atoms with van der Waals surface area (Å²) in [5.41, 5.74) is 1.49. The molecule has 1 amide bonds. The van der Waals surface area contributed by atoms with E-state index in [1.165, 1.54) is 6.92 Å². The smallest absolute Gasteiger partial charge is 0.266 e. The van der Waals surface area contributed by atoms with E-state index in [-0.39, 0.29) is 11.7 Å². The number of amides is 1. The van der Waals surface area contributed by atoms with Crippen LogP contribution in [0.1, 0.15) is 36.8 Å². The minimum absolute atomic E-state index is 0.0498. The minimum Gasteiger partial charge on any atom is -0.481 e. The first-order chi connectivity index (χ1) is 10.5. The lowest BCUT2D eigenvalue weighted by molar-refractivity contribution is -0.122. The van der Waals surface area contributed by atoms with Crippen LogP contribution in [0.4, 0.5) is 5.82 Å². The SMILES string of the molecule is CCc1cc(NC(=O)[C@@H](C)Oc2cccc(C(C)=O)c2)n[nH]1. The maximum atomic E-state index is 12.1. The summed E-state index contributed by atoms with van der Waals surface area (Å²) in [5, 5.41) is 9.50. The Morgan fingerprint density at radius 3 is 2.77 bits per heavy atom. The van der Waals surface area contributed by atoms with Crippen molar-refractivity contribution < 1.29 is 14.3 Å². The van der Waals surface area contributed by atoms with Crippen molar-refractivity contribution in [2.75, 3.05) is 5.32 Å². The Hall–Kier alpha value is -2.63. The number of aryl methyl sites for hydroxylation is 1. The molecule has 0 aliphatic rings. The zero-order chi connectivity index (χ0) is 16.1. The van der Waals surface area contributed by atoms with Crippen LogP contribution in [0.2, 0.25) is 0 Å². The van der Waals surface area contributed by atoms with Gasteiger partial charge >= 0.3 is 0 Å². The summed E-state index contributed by atoms with van der Waals surface area (Å²) in [5.74, 6) is 0.593. The number of hydrogen-bond donors (Lipinski definition) is 2. The first-order valence-electron chi connectivity index (χ1n) is 7.12. The molecule has 22 heavy (non-hydrogen) atoms. The summed E-state index contributed by atoms with van der Waals surface area (Å²) in [7, 11) is 0. The summed E-state index contributed by atoms with van der Waals surface area (Å²) < 4.78 is 5.57. The average Bonchev–Trinajstić information content (AvgIpc) is 2.95. The highest BCUT2D eigenvalue weighted by Gasteiger charge is 2.16. The fourth-order valence-corrected chi connectivity index (χ4v) is 1.88. The van der Waals surface area contributed by atoms with Crippen LogP contribution in [0, 0.1) is 0 Å². The largest absolute Gasteiger partial charge is 0.481 e. The number of H-pyrrole nitrogens is 1. The molecule has 6 nitrogen and oxygen atoms in total. The standard InChI is InChI=1S/C16H19N3O3/c1-4-13-9-15(19-18-13)17-16(21)11(3)22-14-7-5-6-12(8-14)10(2)20/h5-9,11H,4H2,1-3H3,(H2,17,18,19,21)/t11-/m1/s1. The Balaban J connectivity index is 1.99. The molecule has 0 bridgehead atoms. The highest BCUT2D eigenvalue weighted by atomic mass is 16.5. The number of carbonyl (C=O) groups excluding carboxylic acids is 2. The molecule has 0 fully saturated rings. The van der Waals surface area contributed by atoms with E-state index in [4.69, 9.17) is 4.74 Å². The molecule has 1 aromatic carbocycles. The molecule has 0 saturated carbocycles. The summed E-state index contributed by atoms with van der Waals surface area (Å²) >= 11 is 0. The maximum absolute atomic E-state index is 12.1. The Labute approximate surface area is 128 Å². The van der Waals surface area contributed by atoms with E-state index in [1.54, 1.807) is 37.3 Å². The van der Waals surface area contributed by atoms with Crippen LogP contribution in [-0.2, 0) is 11.2 Å². The number of hydrogen-bond acceptors (Lipinski definition) is 4. The third-order valence-corrected chi connectivity index (χ3v) is 3.19. The third kappa shape index (κ3) is 3.94. The van der Waals surface area contributed by atoms with Crippen molar-refractivity contribution in [2.45, 2.75) is 33.3 Å². The van der Waals surface area contributed by atoms with Gasteiger partial charge in [-0.05, 0) is 32.4 Å². The first-order valence-corrected chi connectivity index (χ1v) is 7.12. The second kappa shape index (κ2) is 6.89. The van der Waals surface area contributed by atoms with Crippen molar-refractivity contribution in [2.24, 2.45) is 0 Å². The Bertz CT molecular complexity index is 679. The quantitative estimate of drug-likeness (QED) is 0.803. The van der Waals surface area contributed by atoms with E-state index < -0.39 is 6.10 Å². The number of nitrogens with one attached hydrogen (secondary N) is 2. The molecule has 1 heterocycles. The molecule has 0 saturated heterocycles. The lowest BCUT2D eigenvalue weighted by Gasteiger charge is -2.14. The van der Waals surface area contributed by atoms with Crippen LogP contribution in [0.25, 0.3) is 0 Å². The van der Waals surface area contributed by atoms with Crippen LogP contribution in [0.15, 0.2) is 30.3 Å². The lowest BCUT2D eigenvalue weighted by Crippen LogP contribution is -2.30. The summed E-state index contributed by atoms with van der Waals surface area (Å²) in [6, 6.07) is 8.53. The molecule has 0 radical (unpaired) electrons. The van der Waals surface area contributed by atoms with Crippen molar-refractivity contribution in [1.29, 1.82) is 0 Å². The molecular weight excluding hydrogens is 282 g/mol. The molecule has 0 aliphatic carbocycles. The molecule has 0 aliphatic heterocycles. The van der Waals surface area contributed by atoms with E-state index in [2.05, 4.69) is 15.5 Å². The molecule has 0 spiro atoms. The second-order valence-electron chi connectivity index (χ2n) is 4.97. The van der Waals surface area contributed by atoms with Crippen LogP contribution in [0.3, 0.4) is 0 Å². The number of benzene rings is 1. The van der Waals surface area contributed by atoms with Crippen molar-refractivity contribution in [1.82, 2.24) is 10.2 Å². The van der Waals surface area contributed by atoms with Crippen molar-refractivity contribution in [3.8, 4) is 5.75 Å². The monoisotopic (exact) mass is 301 g/mol. The van der Waals surface area contributed by atoms with Crippen molar-refractivity contribution >= 4 is 17.5 Å². The van der Waals surface area contributed by atoms with Crippen LogP contribution in [0.5, 0.6) is 5.75 Å². The van der Waals surface area contributed by atoms with Gasteiger partial charge in [-0.25, -0.2) is 0 Å².